The second-order valence-electron chi connectivity index (χ2n) is 3.08. The van der Waals surface area contributed by atoms with Crippen molar-refractivity contribution in [1.82, 2.24) is 4.98 Å². The van der Waals surface area contributed by atoms with Gasteiger partial charge >= 0.3 is 6.18 Å². The van der Waals surface area contributed by atoms with Gasteiger partial charge in [-0.1, -0.05) is 0 Å². The van der Waals surface area contributed by atoms with Crippen molar-refractivity contribution in [2.45, 2.75) is 6.18 Å². The van der Waals surface area contributed by atoms with E-state index in [1.54, 1.807) is 0 Å². The van der Waals surface area contributed by atoms with E-state index in [2.05, 4.69) is 9.83 Å². The van der Waals surface area contributed by atoms with E-state index in [0.29, 0.717) is 12.3 Å². The van der Waals surface area contributed by atoms with Gasteiger partial charge in [-0.15, -0.1) is 0 Å². The quantitative estimate of drug-likeness (QED) is 0.832. The van der Waals surface area contributed by atoms with Gasteiger partial charge in [0.25, 0.3) is 0 Å². The first-order chi connectivity index (χ1) is 7.63. The van der Waals surface area contributed by atoms with E-state index in [-0.39, 0.29) is 0 Å². The Morgan fingerprint density at radius 1 is 1.47 bits per heavy atom. The minimum atomic E-state index is -4.63. The number of anilines is 1. The lowest BCUT2D eigenvalue weighted by atomic mass is 10.2. The third kappa shape index (κ3) is 3.60. The van der Waals surface area contributed by atoms with Crippen LogP contribution in [0.2, 0.25) is 0 Å². The summed E-state index contributed by atoms with van der Waals surface area (Å²) in [5, 5.41) is 0. The molecule has 0 bridgehead atoms. The highest BCUT2D eigenvalue weighted by Gasteiger charge is 2.31. The lowest BCUT2D eigenvalue weighted by Crippen LogP contribution is -2.12. The van der Waals surface area contributed by atoms with Gasteiger partial charge in [-0.25, -0.2) is 18.2 Å². The van der Waals surface area contributed by atoms with Gasteiger partial charge in [-0.05, 0) is 6.07 Å². The molecule has 0 radical (unpaired) electrons. The molecule has 0 aliphatic rings. The molecule has 1 rings (SSSR count). The van der Waals surface area contributed by atoms with Gasteiger partial charge < -0.3 is 0 Å². The molecule has 1 aromatic heterocycles. The van der Waals surface area contributed by atoms with Gasteiger partial charge in [0.1, 0.15) is 5.82 Å². The third-order valence-corrected chi connectivity index (χ3v) is 2.16. The lowest BCUT2D eigenvalue weighted by Gasteiger charge is -2.09. The zero-order chi connectivity index (χ0) is 13.3. The van der Waals surface area contributed by atoms with Crippen LogP contribution in [0, 0.1) is 6.57 Å². The van der Waals surface area contributed by atoms with Crippen LogP contribution in [0.1, 0.15) is 5.56 Å². The summed E-state index contributed by atoms with van der Waals surface area (Å²) in [5.41, 5.74) is -1.62. The van der Waals surface area contributed by atoms with E-state index in [4.69, 9.17) is 6.57 Å². The van der Waals surface area contributed by atoms with Crippen molar-refractivity contribution in [2.75, 3.05) is 11.0 Å². The number of nitrogens with one attached hydrogen (secondary N) is 1. The lowest BCUT2D eigenvalue weighted by molar-refractivity contribution is -0.137. The Balaban J connectivity index is 3.26. The maximum atomic E-state index is 12.3. The summed E-state index contributed by atoms with van der Waals surface area (Å²) >= 11 is 0. The van der Waals surface area contributed by atoms with Crippen molar-refractivity contribution < 1.29 is 21.6 Å². The van der Waals surface area contributed by atoms with Crippen LogP contribution in [0.3, 0.4) is 0 Å². The maximum Gasteiger partial charge on any atom is 0.416 e. The smallest absolute Gasteiger partial charge is 0.277 e. The van der Waals surface area contributed by atoms with Gasteiger partial charge in [0, 0.05) is 6.20 Å². The number of nitrogens with zero attached hydrogens (tertiary/aromatic N) is 2. The van der Waals surface area contributed by atoms with Gasteiger partial charge in [0.15, 0.2) is 0 Å². The highest BCUT2D eigenvalue weighted by molar-refractivity contribution is 7.92. The molecule has 1 N–H and O–H groups in total. The topological polar surface area (TPSA) is 63.4 Å². The highest BCUT2D eigenvalue weighted by Crippen LogP contribution is 2.33. The van der Waals surface area contributed by atoms with Crippen LogP contribution in [-0.4, -0.2) is 19.7 Å². The first-order valence-corrected chi connectivity index (χ1v) is 5.95. The molecule has 0 saturated carbocycles. The predicted octanol–water partition coefficient (Wildman–Crippen LogP) is 2.02. The highest BCUT2D eigenvalue weighted by atomic mass is 32.2. The minimum Gasteiger partial charge on any atom is -0.277 e. The number of rotatable bonds is 2. The fraction of sp³-hybridized carbons (Fsp3) is 0.250. The predicted molar refractivity (Wildman–Crippen MR) is 54.0 cm³/mol. The van der Waals surface area contributed by atoms with Crippen LogP contribution in [0.4, 0.5) is 24.7 Å². The zero-order valence-corrected chi connectivity index (χ0v) is 9.22. The summed E-state index contributed by atoms with van der Waals surface area (Å²) in [6.07, 6.45) is -3.36. The molecule has 9 heteroatoms. The van der Waals surface area contributed by atoms with Crippen LogP contribution in [0.5, 0.6) is 0 Å². The number of sulfonamides is 1. The first-order valence-electron chi connectivity index (χ1n) is 4.06. The zero-order valence-electron chi connectivity index (χ0n) is 8.41. The molecule has 1 heterocycles. The van der Waals surface area contributed by atoms with E-state index in [1.807, 2.05) is 4.72 Å². The van der Waals surface area contributed by atoms with Gasteiger partial charge in [0.2, 0.25) is 15.7 Å². The van der Waals surface area contributed by atoms with Crippen molar-refractivity contribution >= 4 is 21.5 Å². The number of pyridine rings is 1. The maximum absolute atomic E-state index is 12.3. The van der Waals surface area contributed by atoms with Gasteiger partial charge in [0.05, 0.1) is 18.4 Å². The van der Waals surface area contributed by atoms with Crippen molar-refractivity contribution in [1.29, 1.82) is 0 Å². The Kier molecular flexibility index (Phi) is 3.28. The van der Waals surface area contributed by atoms with Crippen molar-refractivity contribution in [3.63, 3.8) is 0 Å². The number of alkyl halides is 3. The van der Waals surface area contributed by atoms with Gasteiger partial charge in [-0.2, -0.15) is 13.2 Å². The van der Waals surface area contributed by atoms with E-state index < -0.39 is 33.3 Å². The van der Waals surface area contributed by atoms with E-state index >= 15 is 0 Å². The molecule has 5 nitrogen and oxygen atoms in total. The number of hydrogen-bond donors (Lipinski definition) is 1. The Morgan fingerprint density at radius 2 is 2.06 bits per heavy atom. The molecule has 92 valence electrons. The first kappa shape index (κ1) is 13.2. The molecule has 0 aliphatic carbocycles. The van der Waals surface area contributed by atoms with Gasteiger partial charge in [-0.3, -0.25) is 4.72 Å². The molecule has 0 aromatic carbocycles. The third-order valence-electron chi connectivity index (χ3n) is 1.60. The Morgan fingerprint density at radius 3 is 2.47 bits per heavy atom. The van der Waals surface area contributed by atoms with Crippen LogP contribution < -0.4 is 4.72 Å². The molecule has 0 atom stereocenters. The van der Waals surface area contributed by atoms with Crippen LogP contribution >= 0.6 is 0 Å². The SMILES string of the molecule is [C-]#[N+]c1cc(C(F)(F)F)cnc1NS(C)(=O)=O. The molecule has 0 unspecified atom stereocenters. The van der Waals surface area contributed by atoms with Crippen LogP contribution in [0.25, 0.3) is 4.85 Å². The summed E-state index contributed by atoms with van der Waals surface area (Å²) in [5.74, 6) is -0.421. The standard InChI is InChI=1S/C8H6F3N3O2S/c1-12-6-3-5(8(9,10)11)4-13-7(6)14-17(2,15)16/h3-4H,2H3,(H,13,14). The summed E-state index contributed by atoms with van der Waals surface area (Å²) in [6, 6.07) is 0.535. The fourth-order valence-corrected chi connectivity index (χ4v) is 1.46. The molecule has 0 saturated heterocycles. The molecular formula is C8H6F3N3O2S. The van der Waals surface area contributed by atoms with E-state index in [0.717, 1.165) is 6.26 Å². The molecule has 0 amide bonds. The van der Waals surface area contributed by atoms with Crippen LogP contribution in [-0.2, 0) is 16.2 Å². The number of aromatic nitrogens is 1. The number of halogens is 3. The molecular weight excluding hydrogens is 259 g/mol. The molecule has 17 heavy (non-hydrogen) atoms. The minimum absolute atomic E-state index is 0.421. The Labute approximate surface area is 95.2 Å². The van der Waals surface area contributed by atoms with Crippen LogP contribution in [0.15, 0.2) is 12.3 Å². The molecule has 0 fully saturated rings. The summed E-state index contributed by atoms with van der Waals surface area (Å²) < 4.78 is 60.5. The van der Waals surface area contributed by atoms with Crippen molar-refractivity contribution in [3.05, 3.63) is 29.2 Å². The van der Waals surface area contributed by atoms with Crippen molar-refractivity contribution in [2.24, 2.45) is 0 Å². The largest absolute Gasteiger partial charge is 0.416 e. The molecule has 0 aliphatic heterocycles. The second kappa shape index (κ2) is 4.21. The summed E-state index contributed by atoms with van der Waals surface area (Å²) in [7, 11) is -3.70. The monoisotopic (exact) mass is 265 g/mol. The van der Waals surface area contributed by atoms with E-state index in [9.17, 15) is 21.6 Å². The molecule has 0 spiro atoms. The average Bonchev–Trinajstić information content (AvgIpc) is 2.14. The number of hydrogen-bond acceptors (Lipinski definition) is 3. The normalized spacial score (nSPS) is 11.9. The fourth-order valence-electron chi connectivity index (χ4n) is 0.948. The second-order valence-corrected chi connectivity index (χ2v) is 4.82. The Hall–Kier alpha value is -1.82. The average molecular weight is 265 g/mol. The molecule has 1 aromatic rings. The van der Waals surface area contributed by atoms with E-state index in [1.165, 1.54) is 0 Å². The summed E-state index contributed by atoms with van der Waals surface area (Å²) in [4.78, 5) is 6.07. The van der Waals surface area contributed by atoms with Crippen molar-refractivity contribution in [3.8, 4) is 0 Å². The Bertz CT molecular complexity index is 575. The summed E-state index contributed by atoms with van der Waals surface area (Å²) in [6.45, 7) is 6.68.